The van der Waals surface area contributed by atoms with Gasteiger partial charge in [0.1, 0.15) is 4.21 Å². The van der Waals surface area contributed by atoms with Gasteiger partial charge in [-0.05, 0) is 37.1 Å². The molecule has 0 saturated carbocycles. The SMILES string of the molecule is O=S(=O)(c1ccc(Cl)s1)N1CC2CN(CCCn3cccn3)CC2(CO)C1. The van der Waals surface area contributed by atoms with Gasteiger partial charge in [-0.1, -0.05) is 11.6 Å². The molecule has 0 aromatic carbocycles. The standard InChI is InChI=1S/C17H23ClN4O3S2/c18-15-3-4-16(26-15)27(24,25)22-10-14-9-20(11-17(14,12-22)13-23)6-2-8-21-7-1-5-19-21/h1,3-5,7,14,23H,2,6,8-13H2. The van der Waals surface area contributed by atoms with Crippen molar-refractivity contribution in [3.05, 3.63) is 34.9 Å². The summed E-state index contributed by atoms with van der Waals surface area (Å²) in [6.45, 7) is 4.15. The second-order valence-electron chi connectivity index (χ2n) is 7.43. The molecule has 7 nitrogen and oxygen atoms in total. The summed E-state index contributed by atoms with van der Waals surface area (Å²) in [5.74, 6) is 0.150. The Labute approximate surface area is 168 Å². The summed E-state index contributed by atoms with van der Waals surface area (Å²) in [5, 5.41) is 14.3. The second-order valence-corrected chi connectivity index (χ2v) is 11.3. The van der Waals surface area contributed by atoms with E-state index in [1.165, 1.54) is 4.31 Å². The van der Waals surface area contributed by atoms with E-state index in [-0.39, 0.29) is 22.1 Å². The third-order valence-electron chi connectivity index (χ3n) is 5.68. The third kappa shape index (κ3) is 3.68. The summed E-state index contributed by atoms with van der Waals surface area (Å²) in [6.07, 6.45) is 4.70. The zero-order valence-corrected chi connectivity index (χ0v) is 17.3. The molecule has 2 saturated heterocycles. The number of halogens is 1. The summed E-state index contributed by atoms with van der Waals surface area (Å²) in [6, 6.07) is 5.08. The molecule has 2 unspecified atom stereocenters. The normalized spacial score (nSPS) is 26.7. The first-order valence-electron chi connectivity index (χ1n) is 8.99. The molecule has 0 amide bonds. The molecule has 2 aliphatic rings. The van der Waals surface area contributed by atoms with E-state index < -0.39 is 10.0 Å². The average molecular weight is 431 g/mol. The molecular weight excluding hydrogens is 408 g/mol. The molecule has 0 spiro atoms. The number of aliphatic hydroxyl groups excluding tert-OH is 1. The van der Waals surface area contributed by atoms with Crippen molar-refractivity contribution in [3.8, 4) is 0 Å². The van der Waals surface area contributed by atoms with Crippen LogP contribution in [0.5, 0.6) is 0 Å². The first-order valence-corrected chi connectivity index (χ1v) is 11.6. The van der Waals surface area contributed by atoms with E-state index in [0.717, 1.165) is 43.9 Å². The van der Waals surface area contributed by atoms with Crippen molar-refractivity contribution in [2.45, 2.75) is 17.2 Å². The maximum absolute atomic E-state index is 12.9. The van der Waals surface area contributed by atoms with Crippen LogP contribution in [0.25, 0.3) is 0 Å². The van der Waals surface area contributed by atoms with Gasteiger partial charge in [-0.2, -0.15) is 9.40 Å². The van der Waals surface area contributed by atoms with Crippen molar-refractivity contribution in [2.75, 3.05) is 39.3 Å². The largest absolute Gasteiger partial charge is 0.396 e. The molecular formula is C17H23ClN4O3S2. The Morgan fingerprint density at radius 3 is 2.78 bits per heavy atom. The molecule has 27 heavy (non-hydrogen) atoms. The first kappa shape index (κ1) is 19.4. The van der Waals surface area contributed by atoms with E-state index >= 15 is 0 Å². The topological polar surface area (TPSA) is 78.7 Å². The Hall–Kier alpha value is -0.970. The van der Waals surface area contributed by atoms with Crippen LogP contribution in [0, 0.1) is 11.3 Å². The van der Waals surface area contributed by atoms with Crippen molar-refractivity contribution in [1.29, 1.82) is 0 Å². The minimum atomic E-state index is -3.55. The number of aliphatic hydroxyl groups is 1. The number of hydrogen-bond donors (Lipinski definition) is 1. The highest BCUT2D eigenvalue weighted by Gasteiger charge is 2.54. The minimum Gasteiger partial charge on any atom is -0.396 e. The lowest BCUT2D eigenvalue weighted by atomic mass is 9.82. The molecule has 2 atom stereocenters. The van der Waals surface area contributed by atoms with Gasteiger partial charge >= 0.3 is 0 Å². The molecule has 148 valence electrons. The number of hydrogen-bond acceptors (Lipinski definition) is 6. The number of likely N-dealkylation sites (tertiary alicyclic amines) is 1. The van der Waals surface area contributed by atoms with Crippen LogP contribution in [0.15, 0.2) is 34.8 Å². The summed E-state index contributed by atoms with van der Waals surface area (Å²) in [7, 11) is -3.55. The lowest BCUT2D eigenvalue weighted by molar-refractivity contribution is 0.119. The highest BCUT2D eigenvalue weighted by atomic mass is 35.5. The molecule has 1 N–H and O–H groups in total. The van der Waals surface area contributed by atoms with E-state index in [2.05, 4.69) is 10.00 Å². The third-order valence-corrected chi connectivity index (χ3v) is 9.19. The van der Waals surface area contributed by atoms with Gasteiger partial charge in [0.2, 0.25) is 0 Å². The van der Waals surface area contributed by atoms with Crippen LogP contribution in [-0.2, 0) is 16.6 Å². The summed E-state index contributed by atoms with van der Waals surface area (Å²) < 4.78 is 30.0. The van der Waals surface area contributed by atoms with Gasteiger partial charge in [-0.3, -0.25) is 4.68 Å². The molecule has 0 aliphatic carbocycles. The monoisotopic (exact) mass is 430 g/mol. The lowest BCUT2D eigenvalue weighted by Crippen LogP contribution is -2.39. The fraction of sp³-hybridized carbons (Fsp3) is 0.588. The van der Waals surface area contributed by atoms with Gasteiger partial charge in [0, 0.05) is 50.5 Å². The van der Waals surface area contributed by atoms with Crippen LogP contribution in [0.3, 0.4) is 0 Å². The molecule has 4 rings (SSSR count). The molecule has 2 aromatic heterocycles. The van der Waals surface area contributed by atoms with Gasteiger partial charge in [0.25, 0.3) is 10.0 Å². The van der Waals surface area contributed by atoms with Gasteiger partial charge < -0.3 is 10.0 Å². The number of rotatable bonds is 7. The Bertz CT molecular complexity index is 886. The van der Waals surface area contributed by atoms with Crippen LogP contribution in [0.1, 0.15) is 6.42 Å². The van der Waals surface area contributed by atoms with Crippen molar-refractivity contribution in [3.63, 3.8) is 0 Å². The van der Waals surface area contributed by atoms with Crippen molar-refractivity contribution in [2.24, 2.45) is 11.3 Å². The molecule has 2 aliphatic heterocycles. The van der Waals surface area contributed by atoms with E-state index in [1.54, 1.807) is 18.3 Å². The fourth-order valence-corrected chi connectivity index (χ4v) is 7.49. The van der Waals surface area contributed by atoms with Gasteiger partial charge in [-0.15, -0.1) is 11.3 Å². The number of fused-ring (bicyclic) bond motifs is 1. The number of aryl methyl sites for hydroxylation is 1. The second kappa shape index (κ2) is 7.46. The molecule has 0 radical (unpaired) electrons. The first-order chi connectivity index (χ1) is 12.9. The highest BCUT2D eigenvalue weighted by Crippen LogP contribution is 2.44. The maximum Gasteiger partial charge on any atom is 0.252 e. The lowest BCUT2D eigenvalue weighted by Gasteiger charge is -2.27. The van der Waals surface area contributed by atoms with Crippen LogP contribution in [-0.4, -0.2) is 71.8 Å². The molecule has 10 heteroatoms. The summed E-state index contributed by atoms with van der Waals surface area (Å²) in [5.41, 5.74) is -0.375. The van der Waals surface area contributed by atoms with E-state index in [9.17, 15) is 13.5 Å². The smallest absolute Gasteiger partial charge is 0.252 e. The van der Waals surface area contributed by atoms with Crippen LogP contribution < -0.4 is 0 Å². The predicted molar refractivity (Wildman–Crippen MR) is 104 cm³/mol. The average Bonchev–Trinajstić information content (AvgIpc) is 3.37. The van der Waals surface area contributed by atoms with Gasteiger partial charge in [0.15, 0.2) is 0 Å². The number of thiophene rings is 1. The fourth-order valence-electron chi connectivity index (χ4n) is 4.27. The van der Waals surface area contributed by atoms with E-state index in [0.29, 0.717) is 17.4 Å². The highest BCUT2D eigenvalue weighted by molar-refractivity contribution is 7.91. The quantitative estimate of drug-likeness (QED) is 0.721. The Balaban J connectivity index is 1.39. The zero-order chi connectivity index (χ0) is 19.1. The molecule has 2 fully saturated rings. The maximum atomic E-state index is 12.9. The van der Waals surface area contributed by atoms with Crippen molar-refractivity contribution < 1.29 is 13.5 Å². The van der Waals surface area contributed by atoms with Crippen LogP contribution in [0.2, 0.25) is 4.34 Å². The number of sulfonamides is 1. The Kier molecular flexibility index (Phi) is 5.34. The molecule has 0 bridgehead atoms. The summed E-state index contributed by atoms with van der Waals surface area (Å²) >= 11 is 6.99. The van der Waals surface area contributed by atoms with Gasteiger partial charge in [-0.25, -0.2) is 8.42 Å². The van der Waals surface area contributed by atoms with Gasteiger partial charge in [0.05, 0.1) is 10.9 Å². The minimum absolute atomic E-state index is 0.00450. The zero-order valence-electron chi connectivity index (χ0n) is 14.9. The molecule has 2 aromatic rings. The van der Waals surface area contributed by atoms with Crippen LogP contribution >= 0.6 is 22.9 Å². The number of nitrogens with zero attached hydrogens (tertiary/aromatic N) is 4. The summed E-state index contributed by atoms with van der Waals surface area (Å²) in [4.78, 5) is 2.34. The van der Waals surface area contributed by atoms with E-state index in [1.807, 2.05) is 16.9 Å². The van der Waals surface area contributed by atoms with Crippen molar-refractivity contribution >= 4 is 33.0 Å². The van der Waals surface area contributed by atoms with Crippen LogP contribution in [0.4, 0.5) is 0 Å². The van der Waals surface area contributed by atoms with Crippen molar-refractivity contribution in [1.82, 2.24) is 19.0 Å². The number of aromatic nitrogens is 2. The Morgan fingerprint density at radius 1 is 1.30 bits per heavy atom. The van der Waals surface area contributed by atoms with E-state index in [4.69, 9.17) is 11.6 Å². The Morgan fingerprint density at radius 2 is 2.15 bits per heavy atom. The predicted octanol–water partition coefficient (Wildman–Crippen LogP) is 1.60. The molecule has 4 heterocycles.